The van der Waals surface area contributed by atoms with Gasteiger partial charge in [0.25, 0.3) is 0 Å². The largest absolute Gasteiger partial charge is 0.507 e. The van der Waals surface area contributed by atoms with Crippen LogP contribution in [0.2, 0.25) is 0 Å². The average molecular weight is 275 g/mol. The average Bonchev–Trinajstić information content (AvgIpc) is 2.45. The maximum absolute atomic E-state index is 9.79. The topological polar surface area (TPSA) is 32.3 Å². The van der Waals surface area contributed by atoms with E-state index in [2.05, 4.69) is 24.4 Å². The number of aromatic hydroxyl groups is 1. The van der Waals surface area contributed by atoms with Gasteiger partial charge in [-0.15, -0.1) is 0 Å². The first-order chi connectivity index (χ1) is 9.60. The van der Waals surface area contributed by atoms with Crippen molar-refractivity contribution in [1.82, 2.24) is 5.32 Å². The Kier molecular flexibility index (Phi) is 5.47. The molecular formula is C18H29NO. The number of hydrogen-bond donors (Lipinski definition) is 2. The summed E-state index contributed by atoms with van der Waals surface area (Å²) in [6, 6.07) is 4.17. The number of phenolic OH excluding ortho intramolecular Hbond substituents is 1. The van der Waals surface area contributed by atoms with Crippen LogP contribution in [0.4, 0.5) is 0 Å². The van der Waals surface area contributed by atoms with Crippen molar-refractivity contribution < 1.29 is 5.11 Å². The molecule has 2 nitrogen and oxygen atoms in total. The fraction of sp³-hybridized carbons (Fsp3) is 0.667. The van der Waals surface area contributed by atoms with Crippen LogP contribution in [0, 0.1) is 25.7 Å². The molecule has 0 bridgehead atoms. The van der Waals surface area contributed by atoms with Gasteiger partial charge in [0, 0.05) is 6.54 Å². The third-order valence-corrected chi connectivity index (χ3v) is 4.86. The molecule has 2 N–H and O–H groups in total. The van der Waals surface area contributed by atoms with Crippen molar-refractivity contribution in [3.8, 4) is 5.75 Å². The first kappa shape index (κ1) is 15.4. The molecule has 20 heavy (non-hydrogen) atoms. The van der Waals surface area contributed by atoms with Crippen LogP contribution in [0.25, 0.3) is 0 Å². The highest BCUT2D eigenvalue weighted by atomic mass is 16.3. The number of nitrogens with one attached hydrogen (secondary N) is 1. The van der Waals surface area contributed by atoms with Crippen molar-refractivity contribution in [2.45, 2.75) is 59.4 Å². The van der Waals surface area contributed by atoms with Gasteiger partial charge in [0.1, 0.15) is 5.75 Å². The smallest absolute Gasteiger partial charge is 0.121 e. The van der Waals surface area contributed by atoms with Gasteiger partial charge in [-0.25, -0.2) is 0 Å². The number of phenols is 1. The van der Waals surface area contributed by atoms with Crippen molar-refractivity contribution in [1.29, 1.82) is 0 Å². The van der Waals surface area contributed by atoms with Gasteiger partial charge >= 0.3 is 0 Å². The molecule has 2 heteroatoms. The molecule has 0 radical (unpaired) electrons. The standard InChI is InChI=1S/C18H29NO/c1-4-15-5-7-16(8-6-15)11-19-12-17-9-13(2)18(20)14(3)10-17/h9-10,15-16,19-20H,4-8,11-12H2,1-3H3. The Labute approximate surface area is 123 Å². The molecule has 1 fully saturated rings. The molecule has 0 amide bonds. The zero-order valence-electron chi connectivity index (χ0n) is 13.2. The van der Waals surface area contributed by atoms with Gasteiger partial charge in [-0.1, -0.05) is 38.3 Å². The quantitative estimate of drug-likeness (QED) is 0.839. The van der Waals surface area contributed by atoms with Crippen molar-refractivity contribution >= 4 is 0 Å². The van der Waals surface area contributed by atoms with Gasteiger partial charge in [-0.3, -0.25) is 0 Å². The molecule has 0 atom stereocenters. The zero-order valence-corrected chi connectivity index (χ0v) is 13.2. The fourth-order valence-electron chi connectivity index (χ4n) is 3.41. The first-order valence-electron chi connectivity index (χ1n) is 8.10. The third-order valence-electron chi connectivity index (χ3n) is 4.86. The van der Waals surface area contributed by atoms with Gasteiger partial charge in [-0.2, -0.15) is 0 Å². The Morgan fingerprint density at radius 2 is 1.60 bits per heavy atom. The minimum absolute atomic E-state index is 0.437. The van der Waals surface area contributed by atoms with Crippen molar-refractivity contribution in [3.63, 3.8) is 0 Å². The lowest BCUT2D eigenvalue weighted by atomic mass is 9.81. The van der Waals surface area contributed by atoms with Crippen LogP contribution >= 0.6 is 0 Å². The molecule has 1 aromatic carbocycles. The Hall–Kier alpha value is -1.02. The molecule has 0 saturated heterocycles. The highest BCUT2D eigenvalue weighted by Crippen LogP contribution is 2.30. The monoisotopic (exact) mass is 275 g/mol. The summed E-state index contributed by atoms with van der Waals surface area (Å²) in [6.07, 6.45) is 6.96. The summed E-state index contributed by atoms with van der Waals surface area (Å²) in [5, 5.41) is 13.4. The van der Waals surface area contributed by atoms with E-state index in [1.54, 1.807) is 0 Å². The van der Waals surface area contributed by atoms with E-state index in [1.807, 2.05) is 13.8 Å². The summed E-state index contributed by atoms with van der Waals surface area (Å²) in [4.78, 5) is 0. The predicted octanol–water partition coefficient (Wildman–Crippen LogP) is 4.32. The van der Waals surface area contributed by atoms with E-state index >= 15 is 0 Å². The number of hydrogen-bond acceptors (Lipinski definition) is 2. The van der Waals surface area contributed by atoms with E-state index in [9.17, 15) is 5.11 Å². The Bertz CT molecular complexity index is 410. The van der Waals surface area contributed by atoms with Gasteiger partial charge < -0.3 is 10.4 Å². The summed E-state index contributed by atoms with van der Waals surface area (Å²) in [6.45, 7) is 8.31. The fourth-order valence-corrected chi connectivity index (χ4v) is 3.41. The van der Waals surface area contributed by atoms with Crippen LogP contribution in [0.1, 0.15) is 55.7 Å². The summed E-state index contributed by atoms with van der Waals surface area (Å²) < 4.78 is 0. The first-order valence-corrected chi connectivity index (χ1v) is 8.10. The Morgan fingerprint density at radius 1 is 1.05 bits per heavy atom. The lowest BCUT2D eigenvalue weighted by molar-refractivity contribution is 0.262. The number of aryl methyl sites for hydroxylation is 2. The minimum Gasteiger partial charge on any atom is -0.507 e. The van der Waals surface area contributed by atoms with E-state index in [0.29, 0.717) is 5.75 Å². The van der Waals surface area contributed by atoms with Crippen molar-refractivity contribution in [2.24, 2.45) is 11.8 Å². The van der Waals surface area contributed by atoms with E-state index < -0.39 is 0 Å². The van der Waals surface area contributed by atoms with Gasteiger partial charge in [0.05, 0.1) is 0 Å². The predicted molar refractivity (Wildman–Crippen MR) is 85.0 cm³/mol. The molecule has 0 spiro atoms. The van der Waals surface area contributed by atoms with E-state index in [1.165, 1.54) is 37.7 Å². The maximum atomic E-state index is 9.79. The lowest BCUT2D eigenvalue weighted by Gasteiger charge is -2.28. The highest BCUT2D eigenvalue weighted by molar-refractivity contribution is 5.42. The normalized spacial score (nSPS) is 22.9. The van der Waals surface area contributed by atoms with Crippen LogP contribution in [0.15, 0.2) is 12.1 Å². The molecule has 1 aliphatic carbocycles. The minimum atomic E-state index is 0.437. The van der Waals surface area contributed by atoms with Crippen LogP contribution < -0.4 is 5.32 Å². The third kappa shape index (κ3) is 3.99. The second-order valence-corrected chi connectivity index (χ2v) is 6.50. The zero-order chi connectivity index (χ0) is 14.5. The lowest BCUT2D eigenvalue weighted by Crippen LogP contribution is -2.26. The van der Waals surface area contributed by atoms with Crippen molar-refractivity contribution in [2.75, 3.05) is 6.54 Å². The van der Waals surface area contributed by atoms with Crippen LogP contribution in [0.5, 0.6) is 5.75 Å². The Balaban J connectivity index is 1.76. The van der Waals surface area contributed by atoms with Crippen molar-refractivity contribution in [3.05, 3.63) is 28.8 Å². The summed E-state index contributed by atoms with van der Waals surface area (Å²) in [7, 11) is 0. The molecule has 0 heterocycles. The second-order valence-electron chi connectivity index (χ2n) is 6.50. The van der Waals surface area contributed by atoms with E-state index in [4.69, 9.17) is 0 Å². The number of rotatable bonds is 5. The molecule has 1 aromatic rings. The Morgan fingerprint density at radius 3 is 2.15 bits per heavy atom. The van der Waals surface area contributed by atoms with Crippen LogP contribution in [-0.4, -0.2) is 11.7 Å². The summed E-state index contributed by atoms with van der Waals surface area (Å²) in [5.41, 5.74) is 3.23. The molecule has 0 aliphatic heterocycles. The molecule has 1 aliphatic rings. The summed E-state index contributed by atoms with van der Waals surface area (Å²) >= 11 is 0. The molecule has 0 aromatic heterocycles. The molecule has 112 valence electrons. The maximum Gasteiger partial charge on any atom is 0.121 e. The van der Waals surface area contributed by atoms with E-state index in [-0.39, 0.29) is 0 Å². The van der Waals surface area contributed by atoms with Crippen LogP contribution in [-0.2, 0) is 6.54 Å². The van der Waals surface area contributed by atoms with Gasteiger partial charge in [-0.05, 0) is 61.8 Å². The number of benzene rings is 1. The highest BCUT2D eigenvalue weighted by Gasteiger charge is 2.19. The molecular weight excluding hydrogens is 246 g/mol. The second kappa shape index (κ2) is 7.12. The molecule has 1 saturated carbocycles. The van der Waals surface area contributed by atoms with E-state index in [0.717, 1.165) is 36.1 Å². The molecule has 2 rings (SSSR count). The van der Waals surface area contributed by atoms with Gasteiger partial charge in [0.2, 0.25) is 0 Å². The molecule has 0 unspecified atom stereocenters. The summed E-state index contributed by atoms with van der Waals surface area (Å²) in [5.74, 6) is 2.28. The SMILES string of the molecule is CCC1CCC(CNCc2cc(C)c(O)c(C)c2)CC1. The van der Waals surface area contributed by atoms with Crippen LogP contribution in [0.3, 0.4) is 0 Å². The van der Waals surface area contributed by atoms with Gasteiger partial charge in [0.15, 0.2) is 0 Å².